The highest BCUT2D eigenvalue weighted by Crippen LogP contribution is 2.21. The number of hydrogen-bond donors (Lipinski definition) is 1. The maximum atomic E-state index is 11.4. The van der Waals surface area contributed by atoms with Crippen LogP contribution in [0.1, 0.15) is 13.8 Å². The molecule has 0 atom stereocenters. The highest BCUT2D eigenvalue weighted by atomic mass is 16.6. The van der Waals surface area contributed by atoms with Gasteiger partial charge in [0.05, 0.1) is 0 Å². The second-order valence-corrected chi connectivity index (χ2v) is 4.34. The topological polar surface area (TPSA) is 43.3 Å². The Bertz CT molecular complexity index is 543. The van der Waals surface area contributed by atoms with Crippen LogP contribution in [-0.4, -0.2) is 16.7 Å². The van der Waals surface area contributed by atoms with Crippen LogP contribution < -0.4 is 10.1 Å². The van der Waals surface area contributed by atoms with Crippen LogP contribution in [0.4, 0.5) is 4.79 Å². The van der Waals surface area contributed by atoms with Crippen molar-refractivity contribution < 1.29 is 9.53 Å². The molecule has 0 aliphatic rings. The van der Waals surface area contributed by atoms with Crippen molar-refractivity contribution in [2.24, 2.45) is 7.05 Å². The summed E-state index contributed by atoms with van der Waals surface area (Å²) in [6, 6.07) is 7.65. The molecule has 0 unspecified atom stereocenters. The lowest BCUT2D eigenvalue weighted by Gasteiger charge is -2.09. The van der Waals surface area contributed by atoms with Gasteiger partial charge in [0, 0.05) is 30.2 Å². The molecule has 90 valence electrons. The van der Waals surface area contributed by atoms with Crippen molar-refractivity contribution in [2.75, 3.05) is 0 Å². The highest BCUT2D eigenvalue weighted by molar-refractivity contribution is 5.82. The van der Waals surface area contributed by atoms with Gasteiger partial charge in [-0.15, -0.1) is 0 Å². The Hall–Kier alpha value is -1.97. The minimum Gasteiger partial charge on any atom is -0.410 e. The van der Waals surface area contributed by atoms with E-state index in [2.05, 4.69) is 5.32 Å². The number of nitrogens with zero attached hydrogens (tertiary/aromatic N) is 1. The Morgan fingerprint density at radius 3 is 2.82 bits per heavy atom. The maximum absolute atomic E-state index is 11.4. The predicted molar refractivity (Wildman–Crippen MR) is 67.2 cm³/mol. The van der Waals surface area contributed by atoms with Crippen molar-refractivity contribution in [3.05, 3.63) is 30.5 Å². The molecule has 1 aromatic heterocycles. The van der Waals surface area contributed by atoms with Crippen LogP contribution in [0.2, 0.25) is 0 Å². The second-order valence-electron chi connectivity index (χ2n) is 4.34. The molecule has 17 heavy (non-hydrogen) atoms. The summed E-state index contributed by atoms with van der Waals surface area (Å²) in [7, 11) is 1.98. The molecule has 0 aliphatic heterocycles. The summed E-state index contributed by atoms with van der Waals surface area (Å²) in [4.78, 5) is 11.4. The van der Waals surface area contributed by atoms with Crippen LogP contribution in [0.25, 0.3) is 10.9 Å². The van der Waals surface area contributed by atoms with Crippen LogP contribution in [0.15, 0.2) is 30.5 Å². The number of rotatable bonds is 2. The number of aryl methyl sites for hydroxylation is 1. The molecule has 1 heterocycles. The lowest BCUT2D eigenvalue weighted by Crippen LogP contribution is -2.32. The van der Waals surface area contributed by atoms with Gasteiger partial charge < -0.3 is 14.6 Å². The van der Waals surface area contributed by atoms with Gasteiger partial charge in [-0.05, 0) is 38.1 Å². The van der Waals surface area contributed by atoms with Gasteiger partial charge in [0.1, 0.15) is 5.75 Å². The Kier molecular flexibility index (Phi) is 3.04. The van der Waals surface area contributed by atoms with Gasteiger partial charge in [-0.3, -0.25) is 0 Å². The minimum absolute atomic E-state index is 0.0722. The second kappa shape index (κ2) is 4.49. The van der Waals surface area contributed by atoms with E-state index in [1.54, 1.807) is 6.07 Å². The van der Waals surface area contributed by atoms with Crippen molar-refractivity contribution in [1.29, 1.82) is 0 Å². The molecule has 0 bridgehead atoms. The van der Waals surface area contributed by atoms with E-state index in [0.717, 1.165) is 10.9 Å². The first-order valence-electron chi connectivity index (χ1n) is 5.59. The van der Waals surface area contributed by atoms with Crippen molar-refractivity contribution >= 4 is 17.0 Å². The molecule has 2 aromatic rings. The van der Waals surface area contributed by atoms with Gasteiger partial charge in [-0.1, -0.05) is 0 Å². The standard InChI is InChI=1S/C13H16N2O2/c1-9(2)14-13(16)17-11-4-5-12-10(8-11)6-7-15(12)3/h4-9H,1-3H3,(H,14,16). The van der Waals surface area contributed by atoms with E-state index in [9.17, 15) is 4.79 Å². The van der Waals surface area contributed by atoms with Gasteiger partial charge >= 0.3 is 6.09 Å². The largest absolute Gasteiger partial charge is 0.412 e. The van der Waals surface area contributed by atoms with Crippen LogP contribution in [0.3, 0.4) is 0 Å². The molecule has 1 aromatic carbocycles. The zero-order chi connectivity index (χ0) is 12.4. The summed E-state index contributed by atoms with van der Waals surface area (Å²) in [6.07, 6.45) is 1.55. The van der Waals surface area contributed by atoms with Crippen LogP contribution in [-0.2, 0) is 7.05 Å². The van der Waals surface area contributed by atoms with E-state index < -0.39 is 6.09 Å². The quantitative estimate of drug-likeness (QED) is 0.865. The van der Waals surface area contributed by atoms with Crippen LogP contribution >= 0.6 is 0 Å². The van der Waals surface area contributed by atoms with E-state index in [1.807, 2.05) is 49.9 Å². The van der Waals surface area contributed by atoms with Gasteiger partial charge in [0.25, 0.3) is 0 Å². The lowest BCUT2D eigenvalue weighted by molar-refractivity contribution is 0.198. The number of ether oxygens (including phenoxy) is 1. The molecule has 0 radical (unpaired) electrons. The van der Waals surface area contributed by atoms with Gasteiger partial charge in [0.2, 0.25) is 0 Å². The van der Waals surface area contributed by atoms with Crippen molar-refractivity contribution in [1.82, 2.24) is 9.88 Å². The average molecular weight is 232 g/mol. The third kappa shape index (κ3) is 2.58. The molecule has 1 amide bonds. The zero-order valence-electron chi connectivity index (χ0n) is 10.2. The monoisotopic (exact) mass is 232 g/mol. The third-order valence-electron chi connectivity index (χ3n) is 2.47. The zero-order valence-corrected chi connectivity index (χ0v) is 10.2. The summed E-state index contributed by atoms with van der Waals surface area (Å²) in [6.45, 7) is 3.78. The number of hydrogen-bond acceptors (Lipinski definition) is 2. The molecule has 0 saturated carbocycles. The first-order valence-corrected chi connectivity index (χ1v) is 5.59. The van der Waals surface area contributed by atoms with Crippen molar-refractivity contribution in [3.8, 4) is 5.75 Å². The minimum atomic E-state index is -0.421. The predicted octanol–water partition coefficient (Wildman–Crippen LogP) is 2.68. The number of nitrogens with one attached hydrogen (secondary N) is 1. The number of amides is 1. The Balaban J connectivity index is 2.17. The van der Waals surface area contributed by atoms with E-state index in [0.29, 0.717) is 5.75 Å². The average Bonchev–Trinajstić information content (AvgIpc) is 2.58. The highest BCUT2D eigenvalue weighted by Gasteiger charge is 2.07. The van der Waals surface area contributed by atoms with Gasteiger partial charge in [0.15, 0.2) is 0 Å². The fourth-order valence-electron chi connectivity index (χ4n) is 1.70. The van der Waals surface area contributed by atoms with Gasteiger partial charge in [-0.2, -0.15) is 0 Å². The summed E-state index contributed by atoms with van der Waals surface area (Å²) in [5, 5.41) is 3.74. The van der Waals surface area contributed by atoms with E-state index in [1.165, 1.54) is 0 Å². The Labute approximate surface area is 100 Å². The van der Waals surface area contributed by atoms with E-state index in [-0.39, 0.29) is 6.04 Å². The summed E-state index contributed by atoms with van der Waals surface area (Å²) in [5.41, 5.74) is 1.11. The molecule has 0 fully saturated rings. The molecular formula is C13H16N2O2. The SMILES string of the molecule is CC(C)NC(=O)Oc1ccc2c(ccn2C)c1. The van der Waals surface area contributed by atoms with Crippen molar-refractivity contribution in [2.45, 2.75) is 19.9 Å². The smallest absolute Gasteiger partial charge is 0.410 e. The molecule has 4 heteroatoms. The summed E-state index contributed by atoms with van der Waals surface area (Å²) < 4.78 is 7.20. The van der Waals surface area contributed by atoms with Crippen LogP contribution in [0, 0.1) is 0 Å². The summed E-state index contributed by atoms with van der Waals surface area (Å²) >= 11 is 0. The first kappa shape index (κ1) is 11.5. The van der Waals surface area contributed by atoms with E-state index >= 15 is 0 Å². The lowest BCUT2D eigenvalue weighted by atomic mass is 10.2. The fourth-order valence-corrected chi connectivity index (χ4v) is 1.70. The molecule has 1 N–H and O–H groups in total. The Morgan fingerprint density at radius 2 is 2.12 bits per heavy atom. The molecule has 0 aliphatic carbocycles. The summed E-state index contributed by atoms with van der Waals surface area (Å²) in [5.74, 6) is 0.557. The molecule has 0 spiro atoms. The number of carbonyl (C=O) groups excluding carboxylic acids is 1. The number of benzene rings is 1. The van der Waals surface area contributed by atoms with Gasteiger partial charge in [-0.25, -0.2) is 4.79 Å². The maximum Gasteiger partial charge on any atom is 0.412 e. The number of aromatic nitrogens is 1. The van der Waals surface area contributed by atoms with Crippen molar-refractivity contribution in [3.63, 3.8) is 0 Å². The Morgan fingerprint density at radius 1 is 1.35 bits per heavy atom. The fraction of sp³-hybridized carbons (Fsp3) is 0.308. The molecule has 4 nitrogen and oxygen atoms in total. The number of fused-ring (bicyclic) bond motifs is 1. The first-order chi connectivity index (χ1) is 8.06. The normalized spacial score (nSPS) is 10.8. The van der Waals surface area contributed by atoms with E-state index in [4.69, 9.17) is 4.74 Å². The molecular weight excluding hydrogens is 216 g/mol. The molecule has 0 saturated heterocycles. The molecule has 2 rings (SSSR count). The third-order valence-corrected chi connectivity index (χ3v) is 2.47. The van der Waals surface area contributed by atoms with Crippen LogP contribution in [0.5, 0.6) is 5.75 Å². The number of carbonyl (C=O) groups is 1.